The van der Waals surface area contributed by atoms with Crippen molar-refractivity contribution in [3.63, 3.8) is 0 Å². The summed E-state index contributed by atoms with van der Waals surface area (Å²) in [6.07, 6.45) is 39.3. The predicted molar refractivity (Wildman–Crippen MR) is 230 cm³/mol. The van der Waals surface area contributed by atoms with E-state index < -0.39 is 0 Å². The third-order valence-corrected chi connectivity index (χ3v) is 19.9. The summed E-state index contributed by atoms with van der Waals surface area (Å²) < 4.78 is 1.58. The Balaban J connectivity index is 0.000000225. The first-order valence-corrected chi connectivity index (χ1v) is 21.4. The summed E-state index contributed by atoms with van der Waals surface area (Å²) in [5, 5.41) is 0. The van der Waals surface area contributed by atoms with Gasteiger partial charge in [0, 0.05) is 10.8 Å². The topological polar surface area (TPSA) is 0 Å². The van der Waals surface area contributed by atoms with E-state index in [1.165, 1.54) is 40.9 Å². The Morgan fingerprint density at radius 1 is 0.643 bits per heavy atom. The van der Waals surface area contributed by atoms with Gasteiger partial charge in [-0.15, -0.1) is 23.8 Å². The average Bonchev–Trinajstić information content (AvgIpc) is 3.81. The number of rotatable bonds is 4. The van der Waals surface area contributed by atoms with E-state index in [-0.39, 0.29) is 73.5 Å². The maximum absolute atomic E-state index is 2.99. The van der Waals surface area contributed by atoms with Crippen LogP contribution in [-0.2, 0) is 35.1 Å². The molecule has 0 spiro atoms. The molecule has 8 unspecified atom stereocenters. The summed E-state index contributed by atoms with van der Waals surface area (Å²) in [6, 6.07) is 21.7. The van der Waals surface area contributed by atoms with Crippen LogP contribution in [0.4, 0.5) is 0 Å². The van der Waals surface area contributed by atoms with Gasteiger partial charge in [0.1, 0.15) is 0 Å². The number of fused-ring (bicyclic) bond motifs is 8. The fourth-order valence-electron chi connectivity index (χ4n) is 12.4. The fraction of sp³-hybridized carbons (Fsp3) is 0.434. The van der Waals surface area contributed by atoms with Crippen molar-refractivity contribution in [3.8, 4) is 0 Å². The number of hydrogen-bond acceptors (Lipinski definition) is 0. The molecule has 0 aromatic heterocycles. The van der Waals surface area contributed by atoms with Crippen LogP contribution < -0.4 is 24.8 Å². The number of hydrogen-bond donors (Lipinski definition) is 0. The van der Waals surface area contributed by atoms with Crippen molar-refractivity contribution < 1.29 is 49.0 Å². The normalized spacial score (nSPS) is 36.5. The van der Waals surface area contributed by atoms with Crippen LogP contribution in [0.1, 0.15) is 101 Å². The Hall–Kier alpha value is -2.31. The van der Waals surface area contributed by atoms with Crippen molar-refractivity contribution in [3.05, 3.63) is 175 Å². The monoisotopic (exact) mass is 860 g/mol. The summed E-state index contributed by atoms with van der Waals surface area (Å²) in [4.78, 5) is 0. The van der Waals surface area contributed by atoms with Crippen LogP contribution in [0, 0.1) is 56.3 Å². The summed E-state index contributed by atoms with van der Waals surface area (Å²) >= 11 is 1.51. The predicted octanol–water partition coefficient (Wildman–Crippen LogP) is 7.62. The van der Waals surface area contributed by atoms with E-state index in [2.05, 4.69) is 229 Å². The largest absolute Gasteiger partial charge is 1.00 e. The molecule has 0 radical (unpaired) electrons. The quantitative estimate of drug-likeness (QED) is 0.278. The first-order chi connectivity index (χ1) is 25.3. The smallest absolute Gasteiger partial charge is 0.00455 e. The van der Waals surface area contributed by atoms with E-state index in [0.717, 1.165) is 6.42 Å². The third-order valence-electron chi connectivity index (χ3n) is 16.9. The second-order valence-electron chi connectivity index (χ2n) is 19.1. The zero-order chi connectivity index (χ0) is 39.5. The van der Waals surface area contributed by atoms with E-state index in [4.69, 9.17) is 0 Å². The van der Waals surface area contributed by atoms with Crippen molar-refractivity contribution in [2.75, 3.05) is 0 Å². The molecule has 2 saturated carbocycles. The molecule has 3 heteroatoms. The van der Waals surface area contributed by atoms with Gasteiger partial charge < -0.3 is 31.2 Å². The molecule has 8 rings (SSSR count). The van der Waals surface area contributed by atoms with Crippen molar-refractivity contribution >= 4 is 3.21 Å². The maximum Gasteiger partial charge on any atom is 0.00455 e. The zero-order valence-corrected chi connectivity index (χ0v) is 39.9. The molecule has 2 aromatic rings. The molecular formula is C53H64Cl2Zr-2. The van der Waals surface area contributed by atoms with Crippen LogP contribution in [0.15, 0.2) is 151 Å². The molecule has 6 aliphatic carbocycles. The summed E-state index contributed by atoms with van der Waals surface area (Å²) in [5.41, 5.74) is 4.72. The van der Waals surface area contributed by atoms with Gasteiger partial charge in [0.05, 0.1) is 0 Å². The van der Waals surface area contributed by atoms with E-state index in [1.807, 2.05) is 12.2 Å². The maximum atomic E-state index is 2.99. The van der Waals surface area contributed by atoms with Crippen molar-refractivity contribution in [1.29, 1.82) is 0 Å². The molecule has 2 fully saturated rings. The Kier molecular flexibility index (Phi) is 13.3. The van der Waals surface area contributed by atoms with Crippen LogP contribution in [-0.4, -0.2) is 3.21 Å². The van der Waals surface area contributed by atoms with Gasteiger partial charge in [-0.2, -0.15) is 6.08 Å². The van der Waals surface area contributed by atoms with Gasteiger partial charge in [0.15, 0.2) is 0 Å². The van der Waals surface area contributed by atoms with Gasteiger partial charge in [0.25, 0.3) is 0 Å². The van der Waals surface area contributed by atoms with Gasteiger partial charge >= 0.3 is 138 Å². The average molecular weight is 863 g/mol. The van der Waals surface area contributed by atoms with E-state index in [0.29, 0.717) is 5.92 Å². The van der Waals surface area contributed by atoms with Crippen LogP contribution in [0.3, 0.4) is 0 Å². The molecule has 0 aliphatic heterocycles. The van der Waals surface area contributed by atoms with Crippen LogP contribution in [0.2, 0.25) is 0 Å². The first kappa shape index (κ1) is 46.4. The zero-order valence-electron chi connectivity index (χ0n) is 36.0. The molecule has 56 heavy (non-hydrogen) atoms. The van der Waals surface area contributed by atoms with Gasteiger partial charge in [-0.05, 0) is 28.6 Å². The number of halogens is 2. The minimum absolute atomic E-state index is 0. The molecule has 8 atom stereocenters. The molecule has 0 heterocycles. The summed E-state index contributed by atoms with van der Waals surface area (Å²) in [6.45, 7) is 29.7. The Morgan fingerprint density at radius 3 is 1.52 bits per heavy atom. The molecular weight excluding hydrogens is 799 g/mol. The van der Waals surface area contributed by atoms with Gasteiger partial charge in [-0.25, -0.2) is 12.2 Å². The van der Waals surface area contributed by atoms with Gasteiger partial charge in [0.2, 0.25) is 0 Å². The second-order valence-corrected chi connectivity index (χ2v) is 20.3. The van der Waals surface area contributed by atoms with E-state index in [9.17, 15) is 0 Å². The van der Waals surface area contributed by atoms with Crippen LogP contribution >= 0.6 is 0 Å². The third kappa shape index (κ3) is 6.17. The Bertz CT molecular complexity index is 1940. The fourth-order valence-corrected chi connectivity index (χ4v) is 13.1. The molecule has 296 valence electrons. The molecule has 6 aliphatic rings. The molecule has 0 bridgehead atoms. The SMILES string of the molecule is CC(C)([C](=[Zr+2])C(C)(C)c1ccccc1)c1ccccc1.CC1=CC=CC2[CH-]C3(C)C4(C)C=CC=CC4(C)C4(C)C=CC=CC4(C)C3(C)C12C.[C-]1=CC=CC1.[Cl-].[Cl-]. The summed E-state index contributed by atoms with van der Waals surface area (Å²) in [5.74, 6) is 0.460. The second kappa shape index (κ2) is 16.0. The standard InChI is InChI=1S/C29H37.C19H22.C5H5.2ClH.Zr/c1-21-14-13-15-22-20-27(6)25(4)18-10-9-16-23(25,2)24(3)17-11-12-19-26(24,5)29(27,8)28(21,22)7;1-18(2,16-11-7-5-8-12-16)15-19(3,4)17-13-9-6-10-14-17;1-2-4-5-3-1;;;/h9-20,22H,1-8H3;5-14H,1-4H3;1-3H,4H2;2*1H;/q-1;;-1;;;+2/p-2. The Morgan fingerprint density at radius 2 is 1.09 bits per heavy atom. The number of benzene rings is 2. The van der Waals surface area contributed by atoms with E-state index in [1.54, 1.807) is 3.21 Å². The molecule has 0 nitrogen and oxygen atoms in total. The van der Waals surface area contributed by atoms with Crippen molar-refractivity contribution in [2.24, 2.45) is 43.8 Å². The van der Waals surface area contributed by atoms with Crippen molar-refractivity contribution in [2.45, 2.75) is 100 Å². The summed E-state index contributed by atoms with van der Waals surface area (Å²) in [7, 11) is 0. The van der Waals surface area contributed by atoms with Crippen LogP contribution in [0.5, 0.6) is 0 Å². The van der Waals surface area contributed by atoms with Gasteiger partial charge in [-0.3, -0.25) is 6.08 Å². The first-order valence-electron chi connectivity index (χ1n) is 20.1. The minimum Gasteiger partial charge on any atom is -1.00 e. The molecule has 2 aromatic carbocycles. The number of allylic oxidation sites excluding steroid dienone is 16. The molecule has 0 N–H and O–H groups in total. The van der Waals surface area contributed by atoms with Crippen molar-refractivity contribution in [1.82, 2.24) is 0 Å². The Labute approximate surface area is 368 Å². The molecule has 0 amide bonds. The van der Waals surface area contributed by atoms with Crippen LogP contribution in [0.25, 0.3) is 0 Å². The molecule has 0 saturated heterocycles. The minimum atomic E-state index is 0. The van der Waals surface area contributed by atoms with E-state index >= 15 is 0 Å². The van der Waals surface area contributed by atoms with Gasteiger partial charge in [-0.1, -0.05) is 115 Å².